The molecule has 0 spiro atoms. The number of rotatable bonds is 6. The highest BCUT2D eigenvalue weighted by Crippen LogP contribution is 2.08. The Hall–Kier alpha value is -1.63. The minimum absolute atomic E-state index is 0.124. The summed E-state index contributed by atoms with van der Waals surface area (Å²) in [4.78, 5) is 34.8. The summed E-state index contributed by atoms with van der Waals surface area (Å²) < 4.78 is 0. The van der Waals surface area contributed by atoms with Crippen molar-refractivity contribution in [1.82, 2.24) is 16.0 Å². The van der Waals surface area contributed by atoms with Crippen molar-refractivity contribution in [3.8, 4) is 0 Å². The van der Waals surface area contributed by atoms with Crippen molar-refractivity contribution in [2.45, 2.75) is 51.7 Å². The van der Waals surface area contributed by atoms with E-state index in [1.807, 2.05) is 0 Å². The third kappa shape index (κ3) is 4.48. The second kappa shape index (κ2) is 7.23. The van der Waals surface area contributed by atoms with Crippen LogP contribution in [0.1, 0.15) is 33.6 Å². The summed E-state index contributed by atoms with van der Waals surface area (Å²) in [6.45, 7) is 5.79. The SMILES string of the molecule is CC(C)[C@H](NC(=O)[C@@H]1CCCN1)C(=O)N[C@@H](C)C(=O)O. The van der Waals surface area contributed by atoms with E-state index in [2.05, 4.69) is 16.0 Å². The summed E-state index contributed by atoms with van der Waals surface area (Å²) in [6.07, 6.45) is 1.69. The zero-order chi connectivity index (χ0) is 15.3. The van der Waals surface area contributed by atoms with Crippen LogP contribution < -0.4 is 16.0 Å². The molecule has 20 heavy (non-hydrogen) atoms. The van der Waals surface area contributed by atoms with Crippen LogP contribution >= 0.6 is 0 Å². The summed E-state index contributed by atoms with van der Waals surface area (Å²) in [7, 11) is 0. The molecule has 2 amide bonds. The molecule has 7 nitrogen and oxygen atoms in total. The predicted octanol–water partition coefficient (Wildman–Crippen LogP) is -0.531. The molecule has 0 aromatic carbocycles. The summed E-state index contributed by atoms with van der Waals surface area (Å²) in [5.74, 6) is -1.91. The van der Waals surface area contributed by atoms with Crippen LogP contribution in [0.15, 0.2) is 0 Å². The van der Waals surface area contributed by atoms with E-state index in [0.29, 0.717) is 0 Å². The van der Waals surface area contributed by atoms with Gasteiger partial charge in [-0.15, -0.1) is 0 Å². The highest BCUT2D eigenvalue weighted by Gasteiger charge is 2.30. The van der Waals surface area contributed by atoms with Gasteiger partial charge in [0.25, 0.3) is 0 Å². The lowest BCUT2D eigenvalue weighted by atomic mass is 10.0. The number of amides is 2. The Morgan fingerprint density at radius 1 is 1.20 bits per heavy atom. The van der Waals surface area contributed by atoms with Gasteiger partial charge in [0.15, 0.2) is 0 Å². The Morgan fingerprint density at radius 3 is 2.30 bits per heavy atom. The van der Waals surface area contributed by atoms with Gasteiger partial charge < -0.3 is 21.1 Å². The van der Waals surface area contributed by atoms with E-state index in [-0.39, 0.29) is 17.9 Å². The van der Waals surface area contributed by atoms with Crippen LogP contribution in [-0.2, 0) is 14.4 Å². The van der Waals surface area contributed by atoms with E-state index in [1.54, 1.807) is 13.8 Å². The molecule has 0 bridgehead atoms. The van der Waals surface area contributed by atoms with E-state index in [9.17, 15) is 14.4 Å². The molecule has 0 radical (unpaired) electrons. The number of carbonyl (C=O) groups is 3. The van der Waals surface area contributed by atoms with Crippen molar-refractivity contribution in [1.29, 1.82) is 0 Å². The first kappa shape index (κ1) is 16.4. The molecule has 0 aromatic rings. The van der Waals surface area contributed by atoms with Gasteiger partial charge in [-0.05, 0) is 32.2 Å². The molecule has 0 aromatic heterocycles. The molecule has 4 N–H and O–H groups in total. The Bertz CT molecular complexity index is 378. The standard InChI is InChI=1S/C13H23N3O4/c1-7(2)10(12(18)15-8(3)13(19)20)16-11(17)9-5-4-6-14-9/h7-10,14H,4-6H2,1-3H3,(H,15,18)(H,16,17)(H,19,20)/t8-,9-,10-/m0/s1. The second-order valence-corrected chi connectivity index (χ2v) is 5.45. The lowest BCUT2D eigenvalue weighted by Crippen LogP contribution is -2.55. The molecular weight excluding hydrogens is 262 g/mol. The molecule has 1 fully saturated rings. The van der Waals surface area contributed by atoms with E-state index in [4.69, 9.17) is 5.11 Å². The molecule has 1 aliphatic rings. The zero-order valence-electron chi connectivity index (χ0n) is 12.1. The monoisotopic (exact) mass is 285 g/mol. The summed E-state index contributed by atoms with van der Waals surface area (Å²) in [5, 5.41) is 16.9. The maximum absolute atomic E-state index is 12.0. The Morgan fingerprint density at radius 2 is 1.85 bits per heavy atom. The van der Waals surface area contributed by atoms with Gasteiger partial charge >= 0.3 is 5.97 Å². The first-order chi connectivity index (χ1) is 9.32. The zero-order valence-corrected chi connectivity index (χ0v) is 12.1. The van der Waals surface area contributed by atoms with Crippen LogP contribution in [0.3, 0.4) is 0 Å². The molecule has 1 rings (SSSR count). The van der Waals surface area contributed by atoms with Crippen molar-refractivity contribution < 1.29 is 19.5 Å². The van der Waals surface area contributed by atoms with Gasteiger partial charge in [-0.1, -0.05) is 13.8 Å². The smallest absolute Gasteiger partial charge is 0.325 e. The van der Waals surface area contributed by atoms with E-state index in [1.165, 1.54) is 6.92 Å². The van der Waals surface area contributed by atoms with Gasteiger partial charge in [-0.25, -0.2) is 0 Å². The maximum Gasteiger partial charge on any atom is 0.325 e. The second-order valence-electron chi connectivity index (χ2n) is 5.45. The minimum atomic E-state index is -1.11. The summed E-state index contributed by atoms with van der Waals surface area (Å²) >= 11 is 0. The van der Waals surface area contributed by atoms with Crippen molar-refractivity contribution in [2.75, 3.05) is 6.54 Å². The van der Waals surface area contributed by atoms with Gasteiger partial charge in [0.1, 0.15) is 12.1 Å². The average molecular weight is 285 g/mol. The van der Waals surface area contributed by atoms with Gasteiger partial charge in [-0.3, -0.25) is 14.4 Å². The normalized spacial score (nSPS) is 21.3. The number of carboxylic acid groups (broad SMARTS) is 1. The highest BCUT2D eigenvalue weighted by molar-refractivity contribution is 5.91. The topological polar surface area (TPSA) is 108 Å². The molecule has 3 atom stereocenters. The fourth-order valence-electron chi connectivity index (χ4n) is 2.06. The third-order valence-corrected chi connectivity index (χ3v) is 3.35. The molecule has 114 valence electrons. The highest BCUT2D eigenvalue weighted by atomic mass is 16.4. The molecule has 0 unspecified atom stereocenters. The Labute approximate surface area is 118 Å². The first-order valence-corrected chi connectivity index (χ1v) is 6.90. The number of hydrogen-bond donors (Lipinski definition) is 4. The number of nitrogens with one attached hydrogen (secondary N) is 3. The van der Waals surface area contributed by atoms with Gasteiger partial charge in [0.2, 0.25) is 11.8 Å². The summed E-state index contributed by atoms with van der Waals surface area (Å²) in [6, 6.07) is -1.97. The fourth-order valence-corrected chi connectivity index (χ4v) is 2.06. The van der Waals surface area contributed by atoms with E-state index in [0.717, 1.165) is 19.4 Å². The van der Waals surface area contributed by atoms with Crippen molar-refractivity contribution in [3.63, 3.8) is 0 Å². The number of carboxylic acids is 1. The van der Waals surface area contributed by atoms with Gasteiger partial charge in [0.05, 0.1) is 6.04 Å². The van der Waals surface area contributed by atoms with Crippen LogP contribution in [0.25, 0.3) is 0 Å². The lowest BCUT2D eigenvalue weighted by molar-refractivity contribution is -0.142. The van der Waals surface area contributed by atoms with Crippen LogP contribution in [0.5, 0.6) is 0 Å². The van der Waals surface area contributed by atoms with Crippen LogP contribution in [0, 0.1) is 5.92 Å². The van der Waals surface area contributed by atoms with Crippen molar-refractivity contribution in [2.24, 2.45) is 5.92 Å². The van der Waals surface area contributed by atoms with Gasteiger partial charge in [0, 0.05) is 0 Å². The molecular formula is C13H23N3O4. The van der Waals surface area contributed by atoms with E-state index >= 15 is 0 Å². The quantitative estimate of drug-likeness (QED) is 0.525. The van der Waals surface area contributed by atoms with E-state index < -0.39 is 24.0 Å². The predicted molar refractivity (Wildman–Crippen MR) is 73.0 cm³/mol. The third-order valence-electron chi connectivity index (χ3n) is 3.35. The Balaban J connectivity index is 2.61. The van der Waals surface area contributed by atoms with Crippen LogP contribution in [-0.4, -0.2) is 47.6 Å². The molecule has 0 saturated carbocycles. The Kier molecular flexibility index (Phi) is 5.94. The fraction of sp³-hybridized carbons (Fsp3) is 0.769. The molecule has 1 saturated heterocycles. The number of hydrogen-bond acceptors (Lipinski definition) is 4. The first-order valence-electron chi connectivity index (χ1n) is 6.90. The number of aliphatic carboxylic acids is 1. The van der Waals surface area contributed by atoms with Crippen LogP contribution in [0.4, 0.5) is 0 Å². The minimum Gasteiger partial charge on any atom is -0.480 e. The number of carbonyl (C=O) groups excluding carboxylic acids is 2. The van der Waals surface area contributed by atoms with Gasteiger partial charge in [-0.2, -0.15) is 0 Å². The maximum atomic E-state index is 12.0. The molecule has 7 heteroatoms. The van der Waals surface area contributed by atoms with Crippen molar-refractivity contribution in [3.05, 3.63) is 0 Å². The molecule has 1 heterocycles. The largest absolute Gasteiger partial charge is 0.480 e. The lowest BCUT2D eigenvalue weighted by Gasteiger charge is -2.24. The molecule has 1 aliphatic heterocycles. The summed E-state index contributed by atoms with van der Waals surface area (Å²) in [5.41, 5.74) is 0. The molecule has 0 aliphatic carbocycles. The van der Waals surface area contributed by atoms with Crippen molar-refractivity contribution >= 4 is 17.8 Å². The average Bonchev–Trinajstić information content (AvgIpc) is 2.88. The van der Waals surface area contributed by atoms with Crippen LogP contribution in [0.2, 0.25) is 0 Å².